The zero-order valence-corrected chi connectivity index (χ0v) is 11.2. The summed E-state index contributed by atoms with van der Waals surface area (Å²) < 4.78 is 5.42. The van der Waals surface area contributed by atoms with Gasteiger partial charge in [-0.25, -0.2) is 0 Å². The Kier molecular flexibility index (Phi) is 4.69. The fourth-order valence-electron chi connectivity index (χ4n) is 1.58. The molecule has 0 aliphatic rings. The number of rotatable bonds is 5. The second-order valence-electron chi connectivity index (χ2n) is 4.46. The Hall–Kier alpha value is -1.36. The van der Waals surface area contributed by atoms with Crippen LogP contribution in [0, 0.1) is 13.8 Å². The third-order valence-electron chi connectivity index (χ3n) is 2.57. The number of aromatic amines is 1. The zero-order valence-electron chi connectivity index (χ0n) is 11.2. The average molecular weight is 239 g/mol. The molecule has 0 radical (unpaired) electrons. The lowest BCUT2D eigenvalue weighted by molar-refractivity contribution is 0.0531. The normalized spacial score (nSPS) is 10.9. The van der Waals surface area contributed by atoms with E-state index in [-0.39, 0.29) is 12.0 Å². The minimum atomic E-state index is -0.0129. The first-order valence-electron chi connectivity index (χ1n) is 5.82. The highest BCUT2D eigenvalue weighted by Crippen LogP contribution is 2.11. The predicted octanol–water partition coefficient (Wildman–Crippen LogP) is 1.52. The first kappa shape index (κ1) is 13.7. The van der Waals surface area contributed by atoms with Crippen LogP contribution >= 0.6 is 0 Å². The van der Waals surface area contributed by atoms with Crippen LogP contribution in [-0.2, 0) is 4.74 Å². The van der Waals surface area contributed by atoms with Crippen LogP contribution in [0.25, 0.3) is 0 Å². The third-order valence-corrected chi connectivity index (χ3v) is 2.57. The maximum absolute atomic E-state index is 12.1. The van der Waals surface area contributed by atoms with Gasteiger partial charge in [-0.3, -0.25) is 9.89 Å². The van der Waals surface area contributed by atoms with E-state index in [1.54, 1.807) is 11.9 Å². The molecule has 1 aromatic rings. The molecule has 17 heavy (non-hydrogen) atoms. The summed E-state index contributed by atoms with van der Waals surface area (Å²) in [6.07, 6.45) is 0.191. The van der Waals surface area contributed by atoms with Crippen LogP contribution in [0.2, 0.25) is 0 Å². The van der Waals surface area contributed by atoms with Crippen molar-refractivity contribution in [3.63, 3.8) is 0 Å². The molecule has 1 heterocycles. The van der Waals surface area contributed by atoms with Crippen LogP contribution in [-0.4, -0.2) is 47.3 Å². The number of H-pyrrole nitrogens is 1. The number of ether oxygens (including phenoxy) is 1. The van der Waals surface area contributed by atoms with E-state index in [4.69, 9.17) is 4.74 Å². The average Bonchev–Trinajstić information content (AvgIpc) is 2.57. The SMILES string of the molecule is Cc1n[nH]c(C)c1C(=O)N(C)CCOC(C)C. The summed E-state index contributed by atoms with van der Waals surface area (Å²) >= 11 is 0. The fraction of sp³-hybridized carbons (Fsp3) is 0.667. The van der Waals surface area contributed by atoms with Gasteiger partial charge >= 0.3 is 0 Å². The van der Waals surface area contributed by atoms with Crippen LogP contribution in [0.15, 0.2) is 0 Å². The Morgan fingerprint density at radius 3 is 2.59 bits per heavy atom. The summed E-state index contributed by atoms with van der Waals surface area (Å²) in [6, 6.07) is 0. The van der Waals surface area contributed by atoms with E-state index in [1.807, 2.05) is 27.7 Å². The summed E-state index contributed by atoms with van der Waals surface area (Å²) in [5, 5.41) is 6.84. The molecule has 0 spiro atoms. The molecule has 1 aromatic heterocycles. The number of nitrogens with zero attached hydrogens (tertiary/aromatic N) is 2. The van der Waals surface area contributed by atoms with Gasteiger partial charge in [-0.1, -0.05) is 0 Å². The van der Waals surface area contributed by atoms with Crippen molar-refractivity contribution in [3.05, 3.63) is 17.0 Å². The topological polar surface area (TPSA) is 58.2 Å². The molecule has 0 aliphatic heterocycles. The van der Waals surface area contributed by atoms with Crippen molar-refractivity contribution in [3.8, 4) is 0 Å². The molecule has 1 amide bonds. The van der Waals surface area contributed by atoms with Gasteiger partial charge < -0.3 is 9.64 Å². The first-order chi connectivity index (χ1) is 7.93. The summed E-state index contributed by atoms with van der Waals surface area (Å²) in [6.45, 7) is 8.77. The molecule has 1 rings (SSSR count). The molecule has 5 nitrogen and oxygen atoms in total. The number of aryl methyl sites for hydroxylation is 2. The Balaban J connectivity index is 2.58. The number of carbonyl (C=O) groups is 1. The second kappa shape index (κ2) is 5.82. The van der Waals surface area contributed by atoms with Crippen molar-refractivity contribution in [1.82, 2.24) is 15.1 Å². The zero-order chi connectivity index (χ0) is 13.0. The maximum atomic E-state index is 12.1. The molecule has 0 bridgehead atoms. The number of amides is 1. The van der Waals surface area contributed by atoms with Crippen molar-refractivity contribution in [2.24, 2.45) is 0 Å². The van der Waals surface area contributed by atoms with Gasteiger partial charge in [0.1, 0.15) is 0 Å². The molecule has 0 atom stereocenters. The summed E-state index contributed by atoms with van der Waals surface area (Å²) in [5.41, 5.74) is 2.21. The highest BCUT2D eigenvalue weighted by Gasteiger charge is 2.18. The highest BCUT2D eigenvalue weighted by atomic mass is 16.5. The van der Waals surface area contributed by atoms with Crippen LogP contribution in [0.1, 0.15) is 35.6 Å². The monoisotopic (exact) mass is 239 g/mol. The largest absolute Gasteiger partial charge is 0.377 e. The molecule has 96 valence electrons. The Labute approximate surface area is 102 Å². The predicted molar refractivity (Wildman–Crippen MR) is 66.1 cm³/mol. The smallest absolute Gasteiger partial charge is 0.257 e. The molecule has 5 heteroatoms. The Morgan fingerprint density at radius 1 is 1.47 bits per heavy atom. The number of aromatic nitrogens is 2. The molecule has 0 saturated carbocycles. The molecular weight excluding hydrogens is 218 g/mol. The van der Waals surface area contributed by atoms with E-state index >= 15 is 0 Å². The van der Waals surface area contributed by atoms with Crippen molar-refractivity contribution in [1.29, 1.82) is 0 Å². The summed E-state index contributed by atoms with van der Waals surface area (Å²) in [5.74, 6) is -0.0129. The number of hydrogen-bond donors (Lipinski definition) is 1. The highest BCUT2D eigenvalue weighted by molar-refractivity contribution is 5.96. The van der Waals surface area contributed by atoms with Crippen LogP contribution in [0.3, 0.4) is 0 Å². The number of carbonyl (C=O) groups excluding carboxylic acids is 1. The summed E-state index contributed by atoms with van der Waals surface area (Å²) in [4.78, 5) is 13.8. The lowest BCUT2D eigenvalue weighted by atomic mass is 10.2. The minimum absolute atomic E-state index is 0.0129. The Morgan fingerprint density at radius 2 is 2.12 bits per heavy atom. The van der Waals surface area contributed by atoms with Crippen LogP contribution < -0.4 is 0 Å². The van der Waals surface area contributed by atoms with Gasteiger partial charge in [0, 0.05) is 19.3 Å². The van der Waals surface area contributed by atoms with Gasteiger partial charge in [-0.15, -0.1) is 0 Å². The second-order valence-corrected chi connectivity index (χ2v) is 4.46. The van der Waals surface area contributed by atoms with Crippen molar-refractivity contribution in [2.75, 3.05) is 20.2 Å². The third kappa shape index (κ3) is 3.56. The quantitative estimate of drug-likeness (QED) is 0.847. The summed E-state index contributed by atoms with van der Waals surface area (Å²) in [7, 11) is 1.78. The van der Waals surface area contributed by atoms with Gasteiger partial charge in [-0.05, 0) is 27.7 Å². The van der Waals surface area contributed by atoms with E-state index in [1.165, 1.54) is 0 Å². The van der Waals surface area contributed by atoms with Crippen molar-refractivity contribution in [2.45, 2.75) is 33.8 Å². The number of nitrogens with one attached hydrogen (secondary N) is 1. The van der Waals surface area contributed by atoms with Gasteiger partial charge in [0.2, 0.25) is 0 Å². The van der Waals surface area contributed by atoms with E-state index in [0.717, 1.165) is 11.4 Å². The van der Waals surface area contributed by atoms with Gasteiger partial charge in [0.15, 0.2) is 0 Å². The molecular formula is C12H21N3O2. The van der Waals surface area contributed by atoms with Crippen molar-refractivity contribution < 1.29 is 9.53 Å². The molecule has 0 fully saturated rings. The van der Waals surface area contributed by atoms with Gasteiger partial charge in [-0.2, -0.15) is 5.10 Å². The lowest BCUT2D eigenvalue weighted by Gasteiger charge is -2.18. The molecule has 0 unspecified atom stereocenters. The van der Waals surface area contributed by atoms with Crippen molar-refractivity contribution >= 4 is 5.91 Å². The van der Waals surface area contributed by atoms with E-state index < -0.39 is 0 Å². The van der Waals surface area contributed by atoms with E-state index in [2.05, 4.69) is 10.2 Å². The molecule has 1 N–H and O–H groups in total. The van der Waals surface area contributed by atoms with E-state index in [0.29, 0.717) is 18.7 Å². The number of hydrogen-bond acceptors (Lipinski definition) is 3. The maximum Gasteiger partial charge on any atom is 0.257 e. The first-order valence-corrected chi connectivity index (χ1v) is 5.82. The number of likely N-dealkylation sites (N-methyl/N-ethyl adjacent to an activating group) is 1. The van der Waals surface area contributed by atoms with Gasteiger partial charge in [0.25, 0.3) is 5.91 Å². The Bertz CT molecular complexity index is 366. The van der Waals surface area contributed by atoms with Crippen LogP contribution in [0.4, 0.5) is 0 Å². The standard InChI is InChI=1S/C12H21N3O2/c1-8(2)17-7-6-15(5)12(16)11-9(3)13-14-10(11)4/h8H,6-7H2,1-5H3,(H,13,14). The minimum Gasteiger partial charge on any atom is -0.377 e. The molecule has 0 aromatic carbocycles. The fourth-order valence-corrected chi connectivity index (χ4v) is 1.58. The lowest BCUT2D eigenvalue weighted by Crippen LogP contribution is -2.31. The molecule has 0 aliphatic carbocycles. The molecule has 0 saturated heterocycles. The van der Waals surface area contributed by atoms with Crippen LogP contribution in [0.5, 0.6) is 0 Å². The van der Waals surface area contributed by atoms with E-state index in [9.17, 15) is 4.79 Å². The van der Waals surface area contributed by atoms with Gasteiger partial charge in [0.05, 0.1) is 24.0 Å².